The van der Waals surface area contributed by atoms with Gasteiger partial charge in [-0.15, -0.1) is 0 Å². The SMILES string of the molecule is C[C@@H]1CC[C@H]2[C@@H]3CCC4CC(=O)C(O)C(O)(O)[C@]4(C)[C@H]3CC[C@]12C. The Labute approximate surface area is 144 Å². The molecule has 2 unspecified atom stereocenters. The monoisotopic (exact) mass is 336 g/mol. The zero-order valence-electron chi connectivity index (χ0n) is 15.2. The third-order valence-corrected chi connectivity index (χ3v) is 9.30. The van der Waals surface area contributed by atoms with E-state index < -0.39 is 23.1 Å². The highest BCUT2D eigenvalue weighted by Crippen LogP contribution is 2.68. The summed E-state index contributed by atoms with van der Waals surface area (Å²) in [5, 5.41) is 31.9. The Hall–Kier alpha value is -0.450. The maximum atomic E-state index is 12.1. The van der Waals surface area contributed by atoms with E-state index >= 15 is 0 Å². The molecule has 0 spiro atoms. The fourth-order valence-corrected chi connectivity index (χ4v) is 7.45. The molecule has 0 aromatic heterocycles. The molecule has 8 atom stereocenters. The largest absolute Gasteiger partial charge is 0.380 e. The van der Waals surface area contributed by atoms with Gasteiger partial charge in [0.05, 0.1) is 0 Å². The van der Waals surface area contributed by atoms with Gasteiger partial charge in [-0.25, -0.2) is 0 Å². The number of aliphatic hydroxyl groups excluding tert-OH is 1. The molecule has 0 bridgehead atoms. The highest BCUT2D eigenvalue weighted by atomic mass is 16.5. The average Bonchev–Trinajstić information content (AvgIpc) is 2.83. The fraction of sp³-hybridized carbons (Fsp3) is 0.950. The molecule has 4 fully saturated rings. The van der Waals surface area contributed by atoms with E-state index in [9.17, 15) is 20.1 Å². The van der Waals surface area contributed by atoms with Crippen LogP contribution in [0, 0.1) is 40.4 Å². The van der Waals surface area contributed by atoms with Crippen molar-refractivity contribution >= 4 is 5.78 Å². The molecule has 0 heterocycles. The molecule has 4 heteroatoms. The predicted octanol–water partition coefficient (Wildman–Crippen LogP) is 2.50. The molecule has 4 aliphatic rings. The zero-order chi connectivity index (χ0) is 17.5. The van der Waals surface area contributed by atoms with Crippen molar-refractivity contribution in [2.45, 2.75) is 77.6 Å². The second-order valence-electron chi connectivity index (χ2n) is 9.76. The van der Waals surface area contributed by atoms with Crippen LogP contribution in [0.3, 0.4) is 0 Å². The van der Waals surface area contributed by atoms with Crippen molar-refractivity contribution in [3.63, 3.8) is 0 Å². The molecular weight excluding hydrogens is 304 g/mol. The molecule has 3 N–H and O–H groups in total. The molecular formula is C20H32O4. The van der Waals surface area contributed by atoms with Crippen molar-refractivity contribution in [3.05, 3.63) is 0 Å². The van der Waals surface area contributed by atoms with Crippen LogP contribution in [-0.2, 0) is 4.79 Å². The second-order valence-corrected chi connectivity index (χ2v) is 9.76. The van der Waals surface area contributed by atoms with Crippen molar-refractivity contribution in [1.29, 1.82) is 0 Å². The van der Waals surface area contributed by atoms with Crippen LogP contribution in [0.4, 0.5) is 0 Å². The highest BCUT2D eigenvalue weighted by molar-refractivity contribution is 5.85. The lowest BCUT2D eigenvalue weighted by Crippen LogP contribution is -2.70. The lowest BCUT2D eigenvalue weighted by atomic mass is 9.43. The quantitative estimate of drug-likeness (QED) is 0.594. The van der Waals surface area contributed by atoms with Crippen LogP contribution in [0.25, 0.3) is 0 Å². The molecule has 24 heavy (non-hydrogen) atoms. The van der Waals surface area contributed by atoms with Gasteiger partial charge in [-0.3, -0.25) is 4.79 Å². The molecule has 4 saturated carbocycles. The molecule has 0 aromatic rings. The van der Waals surface area contributed by atoms with Crippen LogP contribution >= 0.6 is 0 Å². The number of hydrogen-bond donors (Lipinski definition) is 3. The van der Waals surface area contributed by atoms with Crippen molar-refractivity contribution in [3.8, 4) is 0 Å². The maximum absolute atomic E-state index is 12.1. The van der Waals surface area contributed by atoms with Gasteiger partial charge >= 0.3 is 0 Å². The standard InChI is InChI=1S/C20H32O4/c1-11-4-7-14-13-6-5-12-10-16(21)17(22)20(23,24)19(12,3)15(13)8-9-18(11,14)2/h11-15,17,22-24H,4-10H2,1-3H3/t11-,12?,13+,14+,15+,17?,18-,19+/m1/s1. The smallest absolute Gasteiger partial charge is 0.202 e. The van der Waals surface area contributed by atoms with Gasteiger partial charge in [0.1, 0.15) is 0 Å². The van der Waals surface area contributed by atoms with Gasteiger partial charge in [-0.05, 0) is 73.5 Å². The number of fused-ring (bicyclic) bond motifs is 5. The lowest BCUT2D eigenvalue weighted by molar-refractivity contribution is -0.335. The first kappa shape index (κ1) is 17.0. The summed E-state index contributed by atoms with van der Waals surface area (Å²) >= 11 is 0. The molecule has 136 valence electrons. The van der Waals surface area contributed by atoms with E-state index in [1.54, 1.807) is 0 Å². The molecule has 4 rings (SSSR count). The minimum Gasteiger partial charge on any atom is -0.380 e. The Morgan fingerprint density at radius 3 is 2.42 bits per heavy atom. The minimum absolute atomic E-state index is 0.0205. The molecule has 0 saturated heterocycles. The average molecular weight is 336 g/mol. The molecule has 4 nitrogen and oxygen atoms in total. The summed E-state index contributed by atoms with van der Waals surface area (Å²) in [6.45, 7) is 6.74. The van der Waals surface area contributed by atoms with Crippen LogP contribution in [0.2, 0.25) is 0 Å². The van der Waals surface area contributed by atoms with Crippen molar-refractivity contribution < 1.29 is 20.1 Å². The first-order chi connectivity index (χ1) is 11.1. The number of carbonyl (C=O) groups is 1. The van der Waals surface area contributed by atoms with Gasteiger partial charge in [0.2, 0.25) is 5.79 Å². The first-order valence-corrected chi connectivity index (χ1v) is 9.79. The zero-order valence-corrected chi connectivity index (χ0v) is 15.2. The summed E-state index contributed by atoms with van der Waals surface area (Å²) in [6, 6.07) is 0. The molecule has 0 radical (unpaired) electrons. The van der Waals surface area contributed by atoms with Gasteiger partial charge in [0, 0.05) is 11.8 Å². The first-order valence-electron chi connectivity index (χ1n) is 9.79. The number of hydrogen-bond acceptors (Lipinski definition) is 4. The summed E-state index contributed by atoms with van der Waals surface area (Å²) in [7, 11) is 0. The van der Waals surface area contributed by atoms with Gasteiger partial charge < -0.3 is 15.3 Å². The molecule has 0 aromatic carbocycles. The summed E-state index contributed by atoms with van der Waals surface area (Å²) < 4.78 is 0. The van der Waals surface area contributed by atoms with Crippen LogP contribution in [-0.4, -0.2) is 33.0 Å². The van der Waals surface area contributed by atoms with E-state index in [0.717, 1.165) is 31.6 Å². The number of carbonyl (C=O) groups excluding carboxylic acids is 1. The lowest BCUT2D eigenvalue weighted by Gasteiger charge is -2.63. The van der Waals surface area contributed by atoms with E-state index in [1.165, 1.54) is 12.8 Å². The van der Waals surface area contributed by atoms with Crippen LogP contribution < -0.4 is 0 Å². The van der Waals surface area contributed by atoms with E-state index in [2.05, 4.69) is 13.8 Å². The summed E-state index contributed by atoms with van der Waals surface area (Å²) in [5.74, 6) is -0.653. The van der Waals surface area contributed by atoms with E-state index in [0.29, 0.717) is 23.7 Å². The van der Waals surface area contributed by atoms with E-state index in [-0.39, 0.29) is 11.8 Å². The van der Waals surface area contributed by atoms with Crippen LogP contribution in [0.5, 0.6) is 0 Å². The van der Waals surface area contributed by atoms with E-state index in [4.69, 9.17) is 0 Å². The second kappa shape index (κ2) is 5.05. The Balaban J connectivity index is 1.73. The minimum atomic E-state index is -2.30. The van der Waals surface area contributed by atoms with Crippen molar-refractivity contribution in [2.24, 2.45) is 40.4 Å². The normalized spacial score (nSPS) is 56.3. The molecule has 4 aliphatic carbocycles. The van der Waals surface area contributed by atoms with Gasteiger partial charge in [-0.1, -0.05) is 20.8 Å². The number of ketones is 1. The van der Waals surface area contributed by atoms with Crippen molar-refractivity contribution in [2.75, 3.05) is 0 Å². The van der Waals surface area contributed by atoms with Crippen molar-refractivity contribution in [1.82, 2.24) is 0 Å². The summed E-state index contributed by atoms with van der Waals surface area (Å²) in [6.07, 6.45) is 5.23. The van der Waals surface area contributed by atoms with Gasteiger partial charge in [0.25, 0.3) is 0 Å². The maximum Gasteiger partial charge on any atom is 0.202 e. The summed E-state index contributed by atoms with van der Waals surface area (Å²) in [5.41, 5.74) is -0.405. The molecule has 0 amide bonds. The number of rotatable bonds is 0. The molecule has 0 aliphatic heterocycles. The Morgan fingerprint density at radius 2 is 1.71 bits per heavy atom. The topological polar surface area (TPSA) is 77.8 Å². The predicted molar refractivity (Wildman–Crippen MR) is 89.8 cm³/mol. The van der Waals surface area contributed by atoms with Gasteiger partial charge in [0.15, 0.2) is 11.9 Å². The van der Waals surface area contributed by atoms with Crippen LogP contribution in [0.15, 0.2) is 0 Å². The highest BCUT2D eigenvalue weighted by Gasteiger charge is 2.68. The van der Waals surface area contributed by atoms with Crippen LogP contribution in [0.1, 0.15) is 65.7 Å². The number of Topliss-reactive ketones (excluding diaryl/α,β-unsaturated/α-hetero) is 1. The Morgan fingerprint density at radius 1 is 1.00 bits per heavy atom. The Kier molecular flexibility index (Phi) is 3.57. The third-order valence-electron chi connectivity index (χ3n) is 9.30. The fourth-order valence-electron chi connectivity index (χ4n) is 7.45. The van der Waals surface area contributed by atoms with E-state index in [1.807, 2.05) is 6.92 Å². The Bertz CT molecular complexity index is 558. The number of aliphatic hydroxyl groups is 3. The third kappa shape index (κ3) is 1.83. The van der Waals surface area contributed by atoms with Gasteiger partial charge in [-0.2, -0.15) is 0 Å². The summed E-state index contributed by atoms with van der Waals surface area (Å²) in [4.78, 5) is 12.1.